The quantitative estimate of drug-likeness (QED) is 0.873. The number of aromatic carboxylic acids is 1. The van der Waals surface area contributed by atoms with Crippen molar-refractivity contribution < 1.29 is 14.3 Å². The molecule has 0 unspecified atom stereocenters. The Morgan fingerprint density at radius 3 is 2.74 bits per heavy atom. The third-order valence-electron chi connectivity index (χ3n) is 4.06. The fourth-order valence-electron chi connectivity index (χ4n) is 2.92. The molecule has 4 nitrogen and oxygen atoms in total. The molecule has 19 heavy (non-hydrogen) atoms. The number of hydrogen-bond acceptors (Lipinski definition) is 2. The Morgan fingerprint density at radius 2 is 2.11 bits per heavy atom. The van der Waals surface area contributed by atoms with Crippen LogP contribution in [0, 0.1) is 5.82 Å². The number of carbonyl (C=O) groups is 1. The van der Waals surface area contributed by atoms with Gasteiger partial charge in [-0.25, -0.2) is 14.2 Å². The minimum atomic E-state index is -1.15. The fourth-order valence-corrected chi connectivity index (χ4v) is 2.92. The van der Waals surface area contributed by atoms with Crippen LogP contribution in [0.3, 0.4) is 0 Å². The van der Waals surface area contributed by atoms with Crippen molar-refractivity contribution >= 4 is 17.0 Å². The second-order valence-electron chi connectivity index (χ2n) is 5.51. The predicted molar refractivity (Wildman–Crippen MR) is 68.8 cm³/mol. The van der Waals surface area contributed by atoms with E-state index in [0.717, 1.165) is 37.6 Å². The van der Waals surface area contributed by atoms with Crippen LogP contribution >= 0.6 is 0 Å². The lowest BCUT2D eigenvalue weighted by atomic mass is 9.88. The Kier molecular flexibility index (Phi) is 2.59. The molecule has 1 aromatic heterocycles. The molecule has 3 rings (SSSR count). The highest BCUT2D eigenvalue weighted by Crippen LogP contribution is 2.40. The van der Waals surface area contributed by atoms with Crippen LogP contribution in [0.1, 0.15) is 48.8 Å². The highest BCUT2D eigenvalue weighted by molar-refractivity contribution is 6.01. The lowest BCUT2D eigenvalue weighted by molar-refractivity contribution is 0.0698. The fraction of sp³-hybridized carbons (Fsp3) is 0.429. The Morgan fingerprint density at radius 1 is 1.42 bits per heavy atom. The molecule has 0 saturated heterocycles. The minimum absolute atomic E-state index is 0.0503. The van der Waals surface area contributed by atoms with Gasteiger partial charge >= 0.3 is 5.97 Å². The Bertz CT molecular complexity index is 657. The largest absolute Gasteiger partial charge is 0.478 e. The summed E-state index contributed by atoms with van der Waals surface area (Å²) in [5, 5.41) is 9.13. The van der Waals surface area contributed by atoms with Crippen LogP contribution in [-0.2, 0) is 5.41 Å². The summed E-state index contributed by atoms with van der Waals surface area (Å²) in [6, 6.07) is 2.32. The first-order chi connectivity index (χ1) is 8.99. The number of halogens is 1. The number of aromatic nitrogens is 2. The summed E-state index contributed by atoms with van der Waals surface area (Å²) < 4.78 is 13.4. The zero-order valence-corrected chi connectivity index (χ0v) is 10.7. The number of hydrogen-bond donors (Lipinski definition) is 2. The van der Waals surface area contributed by atoms with Crippen LogP contribution in [0.4, 0.5) is 4.39 Å². The number of carboxylic acid groups (broad SMARTS) is 1. The zero-order valence-electron chi connectivity index (χ0n) is 10.7. The summed E-state index contributed by atoms with van der Waals surface area (Å²) in [6.45, 7) is 2.12. The van der Waals surface area contributed by atoms with Crippen LogP contribution in [0.15, 0.2) is 12.1 Å². The van der Waals surface area contributed by atoms with E-state index in [1.54, 1.807) is 0 Å². The molecule has 0 aliphatic heterocycles. The highest BCUT2D eigenvalue weighted by Gasteiger charge is 2.34. The zero-order chi connectivity index (χ0) is 13.6. The summed E-state index contributed by atoms with van der Waals surface area (Å²) in [5.41, 5.74) is 0.669. The molecule has 1 aliphatic carbocycles. The molecular weight excluding hydrogens is 247 g/mol. The highest BCUT2D eigenvalue weighted by atomic mass is 19.1. The monoisotopic (exact) mass is 262 g/mol. The van der Waals surface area contributed by atoms with Crippen molar-refractivity contribution in [2.45, 2.75) is 38.0 Å². The molecule has 1 aromatic carbocycles. The van der Waals surface area contributed by atoms with E-state index in [1.165, 1.54) is 6.07 Å². The van der Waals surface area contributed by atoms with Gasteiger partial charge in [0.25, 0.3) is 0 Å². The second kappa shape index (κ2) is 4.05. The van der Waals surface area contributed by atoms with Gasteiger partial charge in [0.05, 0.1) is 11.1 Å². The van der Waals surface area contributed by atoms with Gasteiger partial charge in [0, 0.05) is 5.41 Å². The number of carboxylic acids is 1. The Balaban J connectivity index is 2.20. The molecule has 0 radical (unpaired) electrons. The number of H-pyrrole nitrogens is 1. The van der Waals surface area contributed by atoms with Crippen molar-refractivity contribution in [3.8, 4) is 0 Å². The molecule has 0 spiro atoms. The normalized spacial score (nSPS) is 18.0. The van der Waals surface area contributed by atoms with Crippen LogP contribution in [-0.4, -0.2) is 21.0 Å². The van der Waals surface area contributed by atoms with E-state index in [-0.39, 0.29) is 11.0 Å². The van der Waals surface area contributed by atoms with Crippen molar-refractivity contribution in [1.82, 2.24) is 9.97 Å². The maximum Gasteiger partial charge on any atom is 0.338 e. The molecule has 1 heterocycles. The lowest BCUT2D eigenvalue weighted by Crippen LogP contribution is -2.18. The van der Waals surface area contributed by atoms with Gasteiger partial charge in [-0.3, -0.25) is 0 Å². The number of rotatable bonds is 2. The van der Waals surface area contributed by atoms with Crippen molar-refractivity contribution in [3.63, 3.8) is 0 Å². The van der Waals surface area contributed by atoms with Crippen molar-refractivity contribution in [2.24, 2.45) is 0 Å². The smallest absolute Gasteiger partial charge is 0.338 e. The number of nitrogens with one attached hydrogen (secondary N) is 1. The molecule has 1 aliphatic rings. The van der Waals surface area contributed by atoms with Gasteiger partial charge in [0.15, 0.2) is 0 Å². The summed E-state index contributed by atoms with van der Waals surface area (Å²) in [5.74, 6) is -0.941. The first-order valence-corrected chi connectivity index (χ1v) is 6.43. The molecule has 1 fully saturated rings. The third kappa shape index (κ3) is 1.89. The van der Waals surface area contributed by atoms with Gasteiger partial charge in [0.1, 0.15) is 17.2 Å². The van der Waals surface area contributed by atoms with Gasteiger partial charge in [-0.1, -0.05) is 19.8 Å². The lowest BCUT2D eigenvalue weighted by Gasteiger charge is -2.19. The summed E-state index contributed by atoms with van der Waals surface area (Å²) in [6.07, 6.45) is 4.34. The molecule has 0 amide bonds. The van der Waals surface area contributed by atoms with Gasteiger partial charge in [-0.15, -0.1) is 0 Å². The van der Waals surface area contributed by atoms with E-state index in [0.29, 0.717) is 11.0 Å². The first-order valence-electron chi connectivity index (χ1n) is 6.43. The standard InChI is InChI=1S/C14H15FN2O2/c1-14(4-2-3-5-14)13-16-10-7-8(15)6-9(12(18)19)11(10)17-13/h6-7H,2-5H2,1H3,(H,16,17)(H,18,19). The van der Waals surface area contributed by atoms with Gasteiger partial charge < -0.3 is 10.1 Å². The number of benzene rings is 1. The average molecular weight is 262 g/mol. The molecule has 1 saturated carbocycles. The van der Waals surface area contributed by atoms with Crippen molar-refractivity contribution in [1.29, 1.82) is 0 Å². The van der Waals surface area contributed by atoms with E-state index in [9.17, 15) is 9.18 Å². The molecule has 0 atom stereocenters. The summed E-state index contributed by atoms with van der Waals surface area (Å²) >= 11 is 0. The number of imidazole rings is 1. The Hall–Kier alpha value is -1.91. The average Bonchev–Trinajstić information content (AvgIpc) is 2.94. The van der Waals surface area contributed by atoms with Crippen LogP contribution in [0.5, 0.6) is 0 Å². The van der Waals surface area contributed by atoms with Gasteiger partial charge in [-0.05, 0) is 25.0 Å². The second-order valence-corrected chi connectivity index (χ2v) is 5.51. The van der Waals surface area contributed by atoms with E-state index < -0.39 is 11.8 Å². The number of fused-ring (bicyclic) bond motifs is 1. The maximum absolute atomic E-state index is 13.4. The predicted octanol–water partition coefficient (Wildman–Crippen LogP) is 3.23. The summed E-state index contributed by atoms with van der Waals surface area (Å²) in [4.78, 5) is 18.7. The van der Waals surface area contributed by atoms with Crippen molar-refractivity contribution in [3.05, 3.63) is 29.3 Å². The molecule has 2 N–H and O–H groups in total. The molecular formula is C14H15FN2O2. The first kappa shape index (κ1) is 12.1. The molecule has 5 heteroatoms. The van der Waals surface area contributed by atoms with Crippen LogP contribution < -0.4 is 0 Å². The van der Waals surface area contributed by atoms with Crippen LogP contribution in [0.2, 0.25) is 0 Å². The van der Waals surface area contributed by atoms with Crippen molar-refractivity contribution in [2.75, 3.05) is 0 Å². The maximum atomic E-state index is 13.4. The SMILES string of the molecule is CC1(c2nc3c(C(=O)O)cc(F)cc3[nH]2)CCCC1. The van der Waals surface area contributed by atoms with E-state index in [2.05, 4.69) is 16.9 Å². The van der Waals surface area contributed by atoms with Gasteiger partial charge in [0.2, 0.25) is 0 Å². The molecule has 2 aromatic rings. The number of aromatic amines is 1. The van der Waals surface area contributed by atoms with E-state index in [4.69, 9.17) is 5.11 Å². The topological polar surface area (TPSA) is 66.0 Å². The molecule has 100 valence electrons. The third-order valence-corrected chi connectivity index (χ3v) is 4.06. The summed E-state index contributed by atoms with van der Waals surface area (Å²) in [7, 11) is 0. The van der Waals surface area contributed by atoms with E-state index in [1.807, 2.05) is 0 Å². The Labute approximate surface area is 109 Å². The minimum Gasteiger partial charge on any atom is -0.478 e. The van der Waals surface area contributed by atoms with Gasteiger partial charge in [-0.2, -0.15) is 0 Å². The molecule has 0 bridgehead atoms. The van der Waals surface area contributed by atoms with Crippen LogP contribution in [0.25, 0.3) is 11.0 Å². The number of nitrogens with zero attached hydrogens (tertiary/aromatic N) is 1. The van der Waals surface area contributed by atoms with E-state index >= 15 is 0 Å².